The first-order valence-corrected chi connectivity index (χ1v) is 9.43. The summed E-state index contributed by atoms with van der Waals surface area (Å²) in [6.45, 7) is 1.60. The van der Waals surface area contributed by atoms with E-state index in [9.17, 15) is 13.2 Å². The molecule has 1 aromatic heterocycles. The van der Waals surface area contributed by atoms with Crippen LogP contribution in [0.25, 0.3) is 0 Å². The number of aromatic nitrogens is 2. The van der Waals surface area contributed by atoms with Crippen LogP contribution >= 0.6 is 11.6 Å². The van der Waals surface area contributed by atoms with Crippen LogP contribution in [0.15, 0.2) is 29.2 Å². The van der Waals surface area contributed by atoms with Gasteiger partial charge < -0.3 is 4.74 Å². The lowest BCUT2D eigenvalue weighted by atomic mass is 10.2. The molecule has 132 valence electrons. The van der Waals surface area contributed by atoms with E-state index in [-0.39, 0.29) is 21.5 Å². The second kappa shape index (κ2) is 6.61. The molecule has 7 nitrogen and oxygen atoms in total. The van der Waals surface area contributed by atoms with Gasteiger partial charge in [-0.15, -0.1) is 5.10 Å². The van der Waals surface area contributed by atoms with Crippen LogP contribution in [0.3, 0.4) is 0 Å². The van der Waals surface area contributed by atoms with Crippen LogP contribution in [0.2, 0.25) is 5.02 Å². The van der Waals surface area contributed by atoms with Crippen molar-refractivity contribution in [3.8, 4) is 5.75 Å². The quantitative estimate of drug-likeness (QED) is 0.854. The van der Waals surface area contributed by atoms with Gasteiger partial charge in [0.05, 0.1) is 12.1 Å². The Kier molecular flexibility index (Phi) is 4.66. The van der Waals surface area contributed by atoms with E-state index < -0.39 is 15.9 Å². The summed E-state index contributed by atoms with van der Waals surface area (Å²) in [5, 5.41) is 7.88. The number of hydrogen-bond donors (Lipinski definition) is 1. The minimum absolute atomic E-state index is 0.0352. The molecule has 2 aromatic rings. The highest BCUT2D eigenvalue weighted by atomic mass is 35.5. The van der Waals surface area contributed by atoms with Crippen molar-refractivity contribution in [3.05, 3.63) is 46.2 Å². The van der Waals surface area contributed by atoms with Crippen LogP contribution < -0.4 is 9.46 Å². The third-order valence-corrected chi connectivity index (χ3v) is 5.82. The first-order chi connectivity index (χ1) is 11.8. The van der Waals surface area contributed by atoms with Gasteiger partial charge >= 0.3 is 0 Å². The smallest absolute Gasteiger partial charge is 0.285 e. The van der Waals surface area contributed by atoms with E-state index >= 15 is 0 Å². The number of nitrogens with zero attached hydrogens (tertiary/aromatic N) is 2. The molecule has 0 spiro atoms. The molecule has 3 rings (SSSR count). The van der Waals surface area contributed by atoms with Crippen molar-refractivity contribution in [2.75, 3.05) is 7.11 Å². The number of ether oxygens (including phenoxy) is 1. The molecule has 1 aliphatic carbocycles. The SMILES string of the molecule is COc1cc(C(=O)NS(=O)(=O)c2c(C)cccc2Cl)nnc1C1CC1. The molecular weight excluding hydrogens is 366 g/mol. The van der Waals surface area contributed by atoms with Crippen molar-refractivity contribution >= 4 is 27.5 Å². The van der Waals surface area contributed by atoms with Crippen LogP contribution in [0.1, 0.15) is 40.5 Å². The van der Waals surface area contributed by atoms with E-state index in [2.05, 4.69) is 10.2 Å². The zero-order valence-electron chi connectivity index (χ0n) is 13.6. The van der Waals surface area contributed by atoms with Gasteiger partial charge in [0.25, 0.3) is 15.9 Å². The zero-order valence-corrected chi connectivity index (χ0v) is 15.2. The number of aryl methyl sites for hydroxylation is 1. The Hall–Kier alpha value is -2.19. The fourth-order valence-corrected chi connectivity index (χ4v) is 4.27. The highest BCUT2D eigenvalue weighted by molar-refractivity contribution is 7.90. The van der Waals surface area contributed by atoms with Crippen LogP contribution in [-0.2, 0) is 10.0 Å². The molecule has 1 fully saturated rings. The van der Waals surface area contributed by atoms with Crippen LogP contribution in [0.4, 0.5) is 0 Å². The number of sulfonamides is 1. The maximum atomic E-state index is 12.5. The maximum absolute atomic E-state index is 12.5. The van der Waals surface area contributed by atoms with Gasteiger partial charge in [-0.2, -0.15) is 5.10 Å². The van der Waals surface area contributed by atoms with Gasteiger partial charge in [-0.1, -0.05) is 23.7 Å². The van der Waals surface area contributed by atoms with Crippen molar-refractivity contribution in [1.29, 1.82) is 0 Å². The van der Waals surface area contributed by atoms with Gasteiger partial charge in [0.1, 0.15) is 16.3 Å². The third kappa shape index (κ3) is 3.59. The van der Waals surface area contributed by atoms with E-state index in [1.165, 1.54) is 19.2 Å². The molecule has 0 unspecified atom stereocenters. The summed E-state index contributed by atoms with van der Waals surface area (Å²) in [4.78, 5) is 12.2. The Labute approximate surface area is 150 Å². The average molecular weight is 382 g/mol. The summed E-state index contributed by atoms with van der Waals surface area (Å²) in [6, 6.07) is 6.06. The summed E-state index contributed by atoms with van der Waals surface area (Å²) in [5.74, 6) is -0.185. The van der Waals surface area contributed by atoms with Gasteiger partial charge in [0, 0.05) is 12.0 Å². The molecular formula is C16H16ClN3O4S. The standard InChI is InChI=1S/C16H16ClN3O4S/c1-9-4-3-5-11(17)15(9)25(22,23)20-16(21)12-8-13(24-2)14(19-18-12)10-6-7-10/h3-5,8,10H,6-7H2,1-2H3,(H,20,21). The highest BCUT2D eigenvalue weighted by Crippen LogP contribution is 2.42. The second-order valence-electron chi connectivity index (χ2n) is 5.78. The Morgan fingerprint density at radius 2 is 2.04 bits per heavy atom. The number of carbonyl (C=O) groups is 1. The number of methoxy groups -OCH3 is 1. The molecule has 0 atom stereocenters. The Bertz CT molecular complexity index is 922. The summed E-state index contributed by atoms with van der Waals surface area (Å²) >= 11 is 5.98. The molecule has 1 aliphatic rings. The molecule has 0 radical (unpaired) electrons. The van der Waals surface area contributed by atoms with E-state index in [1.807, 2.05) is 4.72 Å². The number of carbonyl (C=O) groups excluding carboxylic acids is 1. The molecule has 25 heavy (non-hydrogen) atoms. The lowest BCUT2D eigenvalue weighted by molar-refractivity contribution is 0.0975. The second-order valence-corrected chi connectivity index (χ2v) is 7.80. The molecule has 1 amide bonds. The van der Waals surface area contributed by atoms with E-state index in [0.29, 0.717) is 17.0 Å². The van der Waals surface area contributed by atoms with Gasteiger partial charge in [0.15, 0.2) is 5.69 Å². The number of rotatable bonds is 5. The summed E-state index contributed by atoms with van der Waals surface area (Å²) in [7, 11) is -2.68. The first kappa shape index (κ1) is 17.6. The number of nitrogens with one attached hydrogen (secondary N) is 1. The monoisotopic (exact) mass is 381 g/mol. The fraction of sp³-hybridized carbons (Fsp3) is 0.312. The van der Waals surface area contributed by atoms with E-state index in [4.69, 9.17) is 16.3 Å². The zero-order chi connectivity index (χ0) is 18.2. The molecule has 1 heterocycles. The fourth-order valence-electron chi connectivity index (χ4n) is 2.48. The van der Waals surface area contributed by atoms with Crippen molar-refractivity contribution in [3.63, 3.8) is 0 Å². The van der Waals surface area contributed by atoms with E-state index in [1.54, 1.807) is 19.1 Å². The lowest BCUT2D eigenvalue weighted by Crippen LogP contribution is -2.32. The normalized spacial score (nSPS) is 14.2. The number of halogens is 1. The minimum Gasteiger partial charge on any atom is -0.495 e. The van der Waals surface area contributed by atoms with Crippen LogP contribution in [0, 0.1) is 6.92 Å². The summed E-state index contributed by atoms with van der Waals surface area (Å²) < 4.78 is 32.2. The maximum Gasteiger partial charge on any atom is 0.285 e. The minimum atomic E-state index is -4.14. The van der Waals surface area contributed by atoms with Crippen LogP contribution in [0.5, 0.6) is 5.75 Å². The van der Waals surface area contributed by atoms with Crippen LogP contribution in [-0.4, -0.2) is 31.6 Å². The Morgan fingerprint density at radius 1 is 1.32 bits per heavy atom. The summed E-state index contributed by atoms with van der Waals surface area (Å²) in [5.41, 5.74) is 0.971. The predicted octanol–water partition coefficient (Wildman–Crippen LogP) is 2.44. The average Bonchev–Trinajstić information content (AvgIpc) is 3.38. The van der Waals surface area contributed by atoms with Gasteiger partial charge in [-0.3, -0.25) is 4.79 Å². The molecule has 1 saturated carbocycles. The van der Waals surface area contributed by atoms with Crippen molar-refractivity contribution < 1.29 is 17.9 Å². The Morgan fingerprint density at radius 3 is 2.64 bits per heavy atom. The van der Waals surface area contributed by atoms with E-state index in [0.717, 1.165) is 12.8 Å². The van der Waals surface area contributed by atoms with Crippen molar-refractivity contribution in [2.45, 2.75) is 30.6 Å². The molecule has 0 saturated heterocycles. The predicted molar refractivity (Wildman–Crippen MR) is 91.4 cm³/mol. The van der Waals surface area contributed by atoms with Gasteiger partial charge in [-0.25, -0.2) is 13.1 Å². The number of amides is 1. The summed E-state index contributed by atoms with van der Waals surface area (Å²) in [6.07, 6.45) is 1.99. The number of hydrogen-bond acceptors (Lipinski definition) is 6. The number of benzene rings is 1. The molecule has 0 aliphatic heterocycles. The molecule has 9 heteroatoms. The highest BCUT2D eigenvalue weighted by Gasteiger charge is 2.30. The third-order valence-electron chi connectivity index (χ3n) is 3.86. The van der Waals surface area contributed by atoms with Gasteiger partial charge in [-0.05, 0) is 31.4 Å². The first-order valence-electron chi connectivity index (χ1n) is 7.57. The Balaban J connectivity index is 1.89. The molecule has 1 N–H and O–H groups in total. The van der Waals surface area contributed by atoms with Crippen molar-refractivity contribution in [1.82, 2.24) is 14.9 Å². The topological polar surface area (TPSA) is 98.2 Å². The van der Waals surface area contributed by atoms with Crippen molar-refractivity contribution in [2.24, 2.45) is 0 Å². The largest absolute Gasteiger partial charge is 0.495 e. The molecule has 1 aromatic carbocycles. The van der Waals surface area contributed by atoms with Gasteiger partial charge in [0.2, 0.25) is 0 Å². The lowest BCUT2D eigenvalue weighted by Gasteiger charge is -2.11. The molecule has 0 bridgehead atoms.